The summed E-state index contributed by atoms with van der Waals surface area (Å²) in [5.41, 5.74) is 1.56. The Morgan fingerprint density at radius 2 is 2.17 bits per heavy atom. The van der Waals surface area contributed by atoms with Crippen molar-refractivity contribution in [3.05, 3.63) is 11.6 Å². The summed E-state index contributed by atoms with van der Waals surface area (Å²) in [6.45, 7) is 13.0. The quantitative estimate of drug-likeness (QED) is 0.527. The zero-order valence-corrected chi connectivity index (χ0v) is 12.7. The molecule has 0 aliphatic heterocycles. The van der Waals surface area contributed by atoms with E-state index in [0.717, 1.165) is 44.1 Å². The summed E-state index contributed by atoms with van der Waals surface area (Å²) in [6, 6.07) is 0. The fourth-order valence-corrected chi connectivity index (χ4v) is 2.71. The van der Waals surface area contributed by atoms with Crippen molar-refractivity contribution in [1.29, 1.82) is 0 Å². The van der Waals surface area contributed by atoms with Crippen molar-refractivity contribution in [2.75, 3.05) is 26.3 Å². The molecular weight excluding hydrogens is 222 g/mol. The minimum Gasteiger partial charge on any atom is -0.380 e. The Morgan fingerprint density at radius 3 is 2.83 bits per heavy atom. The highest BCUT2D eigenvalue weighted by Crippen LogP contribution is 2.27. The molecule has 0 radical (unpaired) electrons. The van der Waals surface area contributed by atoms with Crippen molar-refractivity contribution in [2.45, 2.75) is 47.0 Å². The molecule has 0 aromatic rings. The standard InChI is InChI=1S/C16H31NO/c1-13(2)5-7-18-8-6-17-12-16-10-14(3)9-15(4)11-16/h9,13-14,16-17H,5-8,10-12H2,1-4H3. The molecule has 106 valence electrons. The first-order valence-electron chi connectivity index (χ1n) is 7.53. The highest BCUT2D eigenvalue weighted by molar-refractivity contribution is 5.06. The van der Waals surface area contributed by atoms with E-state index in [9.17, 15) is 0 Å². The number of rotatable bonds is 8. The predicted molar refractivity (Wildman–Crippen MR) is 78.8 cm³/mol. The Morgan fingerprint density at radius 1 is 1.39 bits per heavy atom. The summed E-state index contributed by atoms with van der Waals surface area (Å²) in [5, 5.41) is 3.53. The van der Waals surface area contributed by atoms with Crippen molar-refractivity contribution >= 4 is 0 Å². The second-order valence-corrected chi connectivity index (χ2v) is 6.30. The maximum atomic E-state index is 5.60. The van der Waals surface area contributed by atoms with Gasteiger partial charge in [0.15, 0.2) is 0 Å². The predicted octanol–water partition coefficient (Wildman–Crippen LogP) is 3.63. The minimum absolute atomic E-state index is 0.747. The van der Waals surface area contributed by atoms with Crippen LogP contribution in [0.4, 0.5) is 0 Å². The van der Waals surface area contributed by atoms with E-state index in [1.54, 1.807) is 5.57 Å². The van der Waals surface area contributed by atoms with Gasteiger partial charge in [0.2, 0.25) is 0 Å². The average Bonchev–Trinajstić information content (AvgIpc) is 2.26. The van der Waals surface area contributed by atoms with Crippen LogP contribution >= 0.6 is 0 Å². The molecule has 1 aliphatic carbocycles. The Balaban J connectivity index is 1.97. The molecule has 0 spiro atoms. The summed E-state index contributed by atoms with van der Waals surface area (Å²) < 4.78 is 5.60. The van der Waals surface area contributed by atoms with Crippen LogP contribution in [0, 0.1) is 17.8 Å². The van der Waals surface area contributed by atoms with Gasteiger partial charge in [-0.15, -0.1) is 0 Å². The molecule has 0 aromatic heterocycles. The van der Waals surface area contributed by atoms with E-state index in [2.05, 4.69) is 39.1 Å². The zero-order valence-electron chi connectivity index (χ0n) is 12.7. The highest BCUT2D eigenvalue weighted by atomic mass is 16.5. The SMILES string of the molecule is CC1=CC(C)CC(CNCCOCCC(C)C)C1. The van der Waals surface area contributed by atoms with Crippen molar-refractivity contribution < 1.29 is 4.74 Å². The number of hydrogen-bond acceptors (Lipinski definition) is 2. The summed E-state index contributed by atoms with van der Waals surface area (Å²) in [4.78, 5) is 0. The van der Waals surface area contributed by atoms with Crippen molar-refractivity contribution in [2.24, 2.45) is 17.8 Å². The third-order valence-corrected chi connectivity index (χ3v) is 3.58. The summed E-state index contributed by atoms with van der Waals surface area (Å²) in [5.74, 6) is 2.32. The van der Waals surface area contributed by atoms with Crippen LogP contribution in [0.25, 0.3) is 0 Å². The van der Waals surface area contributed by atoms with Crippen LogP contribution in [0.1, 0.15) is 47.0 Å². The molecule has 0 saturated heterocycles. The molecule has 18 heavy (non-hydrogen) atoms. The average molecular weight is 253 g/mol. The fourth-order valence-electron chi connectivity index (χ4n) is 2.71. The number of ether oxygens (including phenoxy) is 1. The smallest absolute Gasteiger partial charge is 0.0590 e. The van der Waals surface area contributed by atoms with Gasteiger partial charge in [0, 0.05) is 13.2 Å². The van der Waals surface area contributed by atoms with Crippen molar-refractivity contribution in [1.82, 2.24) is 5.32 Å². The molecule has 1 N–H and O–H groups in total. The lowest BCUT2D eigenvalue weighted by atomic mass is 9.84. The van der Waals surface area contributed by atoms with Gasteiger partial charge in [0.25, 0.3) is 0 Å². The lowest BCUT2D eigenvalue weighted by Gasteiger charge is -2.25. The van der Waals surface area contributed by atoms with E-state index < -0.39 is 0 Å². The van der Waals surface area contributed by atoms with E-state index in [-0.39, 0.29) is 0 Å². The molecule has 0 bridgehead atoms. The van der Waals surface area contributed by atoms with Crippen molar-refractivity contribution in [3.63, 3.8) is 0 Å². The Hall–Kier alpha value is -0.340. The topological polar surface area (TPSA) is 21.3 Å². The summed E-state index contributed by atoms with van der Waals surface area (Å²) >= 11 is 0. The second kappa shape index (κ2) is 8.71. The minimum atomic E-state index is 0.747. The first kappa shape index (κ1) is 15.7. The number of nitrogens with one attached hydrogen (secondary N) is 1. The van der Waals surface area contributed by atoms with Gasteiger partial charge in [0.05, 0.1) is 6.61 Å². The van der Waals surface area contributed by atoms with Gasteiger partial charge in [-0.3, -0.25) is 0 Å². The number of allylic oxidation sites excluding steroid dienone is 2. The van der Waals surface area contributed by atoms with Crippen LogP contribution in [0.2, 0.25) is 0 Å². The lowest BCUT2D eigenvalue weighted by Crippen LogP contribution is -2.28. The molecule has 0 fully saturated rings. The molecule has 2 atom stereocenters. The van der Waals surface area contributed by atoms with Crippen LogP contribution in [0.5, 0.6) is 0 Å². The maximum absolute atomic E-state index is 5.60. The first-order valence-corrected chi connectivity index (χ1v) is 7.53. The molecule has 1 rings (SSSR count). The van der Waals surface area contributed by atoms with E-state index in [1.807, 2.05) is 0 Å². The van der Waals surface area contributed by atoms with Crippen LogP contribution < -0.4 is 5.32 Å². The van der Waals surface area contributed by atoms with Gasteiger partial charge in [-0.05, 0) is 50.5 Å². The fraction of sp³-hybridized carbons (Fsp3) is 0.875. The van der Waals surface area contributed by atoms with Crippen LogP contribution in [-0.2, 0) is 4.74 Å². The van der Waals surface area contributed by atoms with Gasteiger partial charge in [-0.25, -0.2) is 0 Å². The third-order valence-electron chi connectivity index (χ3n) is 3.58. The molecule has 0 saturated carbocycles. The Bertz CT molecular complexity index is 247. The third kappa shape index (κ3) is 7.17. The summed E-state index contributed by atoms with van der Waals surface area (Å²) in [7, 11) is 0. The van der Waals surface area contributed by atoms with Crippen LogP contribution in [-0.4, -0.2) is 26.3 Å². The first-order chi connectivity index (χ1) is 8.58. The van der Waals surface area contributed by atoms with E-state index in [0.29, 0.717) is 0 Å². The van der Waals surface area contributed by atoms with E-state index in [4.69, 9.17) is 4.74 Å². The molecule has 2 unspecified atom stereocenters. The Labute approximate surface area is 113 Å². The van der Waals surface area contributed by atoms with Gasteiger partial charge >= 0.3 is 0 Å². The molecule has 2 heteroatoms. The Kier molecular flexibility index (Phi) is 7.60. The van der Waals surface area contributed by atoms with Gasteiger partial charge in [-0.1, -0.05) is 32.4 Å². The highest BCUT2D eigenvalue weighted by Gasteiger charge is 2.17. The zero-order chi connectivity index (χ0) is 13.4. The lowest BCUT2D eigenvalue weighted by molar-refractivity contribution is 0.124. The molecule has 0 amide bonds. The second-order valence-electron chi connectivity index (χ2n) is 6.30. The van der Waals surface area contributed by atoms with E-state index in [1.165, 1.54) is 19.3 Å². The van der Waals surface area contributed by atoms with E-state index >= 15 is 0 Å². The van der Waals surface area contributed by atoms with Gasteiger partial charge in [0.1, 0.15) is 0 Å². The number of hydrogen-bond donors (Lipinski definition) is 1. The maximum Gasteiger partial charge on any atom is 0.0590 e. The van der Waals surface area contributed by atoms with Gasteiger partial charge < -0.3 is 10.1 Å². The largest absolute Gasteiger partial charge is 0.380 e. The molecule has 0 heterocycles. The van der Waals surface area contributed by atoms with Crippen LogP contribution in [0.15, 0.2) is 11.6 Å². The van der Waals surface area contributed by atoms with Crippen LogP contribution in [0.3, 0.4) is 0 Å². The molecular formula is C16H31NO. The van der Waals surface area contributed by atoms with Crippen molar-refractivity contribution in [3.8, 4) is 0 Å². The van der Waals surface area contributed by atoms with Gasteiger partial charge in [-0.2, -0.15) is 0 Å². The normalized spacial score (nSPS) is 24.4. The molecule has 2 nitrogen and oxygen atoms in total. The summed E-state index contributed by atoms with van der Waals surface area (Å²) in [6.07, 6.45) is 6.19. The molecule has 0 aromatic carbocycles. The molecule has 1 aliphatic rings. The monoisotopic (exact) mass is 253 g/mol.